The maximum absolute atomic E-state index is 12.6. The van der Waals surface area contributed by atoms with E-state index in [2.05, 4.69) is 10.4 Å². The number of hydrogen-bond acceptors (Lipinski definition) is 4. The fraction of sp³-hybridized carbons (Fsp3) is 0.118. The number of carbonyl (C=O) groups excluding carboxylic acids is 1. The molecule has 0 aliphatic carbocycles. The van der Waals surface area contributed by atoms with Crippen molar-refractivity contribution in [3.63, 3.8) is 0 Å². The average molecular weight is 363 g/mol. The second-order valence-corrected chi connectivity index (χ2v) is 5.29. The molecule has 26 heavy (non-hydrogen) atoms. The minimum absolute atomic E-state index is 0.112. The molecule has 3 aromatic rings. The Bertz CT molecular complexity index is 1020. The summed E-state index contributed by atoms with van der Waals surface area (Å²) in [5, 5.41) is 0.314. The molecule has 1 N–H and O–H groups in total. The van der Waals surface area contributed by atoms with Gasteiger partial charge in [0.2, 0.25) is 0 Å². The van der Waals surface area contributed by atoms with Gasteiger partial charge in [-0.3, -0.25) is 15.0 Å². The smallest absolute Gasteiger partial charge is 0.416 e. The largest absolute Gasteiger partial charge is 0.484 e. The van der Waals surface area contributed by atoms with E-state index in [1.807, 2.05) is 0 Å². The summed E-state index contributed by atoms with van der Waals surface area (Å²) in [5.41, 5.74) is 1.38. The monoisotopic (exact) mass is 363 g/mol. The van der Waals surface area contributed by atoms with Gasteiger partial charge in [-0.15, -0.1) is 0 Å². The predicted octanol–water partition coefficient (Wildman–Crippen LogP) is 2.56. The number of amides is 1. The number of ether oxygens (including phenoxy) is 1. The number of alkyl halides is 3. The van der Waals surface area contributed by atoms with Crippen LogP contribution in [0.25, 0.3) is 10.9 Å². The van der Waals surface area contributed by atoms with Crippen LogP contribution in [-0.2, 0) is 11.0 Å². The molecule has 6 nitrogen and oxygen atoms in total. The van der Waals surface area contributed by atoms with Crippen molar-refractivity contribution >= 4 is 16.8 Å². The van der Waals surface area contributed by atoms with Gasteiger partial charge in [0.1, 0.15) is 12.1 Å². The van der Waals surface area contributed by atoms with E-state index in [0.717, 1.165) is 23.1 Å². The van der Waals surface area contributed by atoms with E-state index in [9.17, 15) is 22.8 Å². The maximum Gasteiger partial charge on any atom is 0.416 e. The fourth-order valence-electron chi connectivity index (χ4n) is 2.23. The SMILES string of the molecule is O=C(COc1cccc(C(F)(F)F)c1)Nn1cnc2ccccc2c1=O. The van der Waals surface area contributed by atoms with E-state index < -0.39 is 29.8 Å². The Hall–Kier alpha value is -3.36. The lowest BCUT2D eigenvalue weighted by atomic mass is 10.2. The van der Waals surface area contributed by atoms with Crippen LogP contribution in [0.5, 0.6) is 5.75 Å². The molecule has 0 fully saturated rings. The van der Waals surface area contributed by atoms with E-state index >= 15 is 0 Å². The molecule has 2 aromatic carbocycles. The van der Waals surface area contributed by atoms with Gasteiger partial charge in [-0.1, -0.05) is 18.2 Å². The summed E-state index contributed by atoms with van der Waals surface area (Å²) >= 11 is 0. The minimum atomic E-state index is -4.51. The van der Waals surface area contributed by atoms with Gasteiger partial charge in [0.25, 0.3) is 11.5 Å². The molecule has 0 bridgehead atoms. The minimum Gasteiger partial charge on any atom is -0.484 e. The molecular formula is C17H12F3N3O3. The predicted molar refractivity (Wildman–Crippen MR) is 87.3 cm³/mol. The van der Waals surface area contributed by atoms with Crippen molar-refractivity contribution in [3.05, 3.63) is 70.8 Å². The summed E-state index contributed by atoms with van der Waals surface area (Å²) in [4.78, 5) is 28.2. The first-order chi connectivity index (χ1) is 12.3. The molecule has 3 rings (SSSR count). The van der Waals surface area contributed by atoms with Crippen molar-refractivity contribution < 1.29 is 22.7 Å². The lowest BCUT2D eigenvalue weighted by Gasteiger charge is -2.11. The first kappa shape index (κ1) is 17.5. The van der Waals surface area contributed by atoms with Gasteiger partial charge in [-0.2, -0.15) is 13.2 Å². The Labute approximate surface area is 144 Å². The van der Waals surface area contributed by atoms with Crippen molar-refractivity contribution in [1.29, 1.82) is 0 Å². The standard InChI is InChI=1S/C17H12F3N3O3/c18-17(19,20)11-4-3-5-12(8-11)26-9-15(24)22-23-10-21-14-7-2-1-6-13(14)16(23)25/h1-8,10H,9H2,(H,22,24). The molecule has 1 aromatic heterocycles. The highest BCUT2D eigenvalue weighted by atomic mass is 19.4. The Morgan fingerprint density at radius 3 is 2.69 bits per heavy atom. The first-order valence-corrected chi connectivity index (χ1v) is 7.41. The number of aromatic nitrogens is 2. The van der Waals surface area contributed by atoms with Gasteiger partial charge in [0.15, 0.2) is 6.61 Å². The second kappa shape index (κ2) is 6.87. The summed E-state index contributed by atoms with van der Waals surface area (Å²) < 4.78 is 43.9. The Morgan fingerprint density at radius 1 is 1.15 bits per heavy atom. The first-order valence-electron chi connectivity index (χ1n) is 7.41. The van der Waals surface area contributed by atoms with Crippen LogP contribution in [0, 0.1) is 0 Å². The summed E-state index contributed by atoms with van der Waals surface area (Å²) in [6, 6.07) is 10.8. The molecule has 0 aliphatic rings. The zero-order valence-electron chi connectivity index (χ0n) is 13.2. The molecule has 0 aliphatic heterocycles. The number of para-hydroxylation sites is 1. The van der Waals surface area contributed by atoms with Crippen LogP contribution in [0.1, 0.15) is 5.56 Å². The zero-order valence-corrected chi connectivity index (χ0v) is 13.2. The summed E-state index contributed by atoms with van der Waals surface area (Å²) in [6.45, 7) is -0.569. The van der Waals surface area contributed by atoms with Crippen LogP contribution in [-0.4, -0.2) is 22.2 Å². The van der Waals surface area contributed by atoms with Crippen molar-refractivity contribution in [1.82, 2.24) is 9.66 Å². The lowest BCUT2D eigenvalue weighted by Crippen LogP contribution is -2.35. The normalized spacial score (nSPS) is 11.3. The molecule has 0 radical (unpaired) electrons. The third kappa shape index (κ3) is 3.82. The van der Waals surface area contributed by atoms with E-state index in [-0.39, 0.29) is 5.75 Å². The Balaban J connectivity index is 1.69. The number of halogens is 3. The van der Waals surface area contributed by atoms with Crippen molar-refractivity contribution in [2.45, 2.75) is 6.18 Å². The molecule has 0 unspecified atom stereocenters. The molecule has 134 valence electrons. The Kier molecular flexibility index (Phi) is 4.61. The molecule has 0 saturated carbocycles. The summed E-state index contributed by atoms with van der Waals surface area (Å²) in [7, 11) is 0. The van der Waals surface area contributed by atoms with Crippen molar-refractivity contribution in [3.8, 4) is 5.75 Å². The van der Waals surface area contributed by atoms with Gasteiger partial charge in [0, 0.05) is 0 Å². The highest BCUT2D eigenvalue weighted by molar-refractivity contribution is 5.85. The molecule has 1 amide bonds. The van der Waals surface area contributed by atoms with E-state index in [1.54, 1.807) is 24.3 Å². The van der Waals surface area contributed by atoms with Gasteiger partial charge in [-0.25, -0.2) is 9.66 Å². The number of fused-ring (bicyclic) bond motifs is 1. The van der Waals surface area contributed by atoms with Gasteiger partial charge in [-0.05, 0) is 30.3 Å². The molecule has 0 atom stereocenters. The van der Waals surface area contributed by atoms with E-state index in [1.165, 1.54) is 12.1 Å². The van der Waals surface area contributed by atoms with Gasteiger partial charge >= 0.3 is 6.18 Å². The van der Waals surface area contributed by atoms with Crippen LogP contribution in [0.15, 0.2) is 59.7 Å². The molecule has 0 saturated heterocycles. The van der Waals surface area contributed by atoms with Gasteiger partial charge < -0.3 is 4.74 Å². The number of carbonyl (C=O) groups is 1. The molecule has 9 heteroatoms. The third-order valence-corrected chi connectivity index (χ3v) is 3.44. The summed E-state index contributed by atoms with van der Waals surface area (Å²) in [6.07, 6.45) is -3.36. The number of nitrogens with one attached hydrogen (secondary N) is 1. The molecule has 1 heterocycles. The average Bonchev–Trinajstić information content (AvgIpc) is 2.62. The number of benzene rings is 2. The summed E-state index contributed by atoms with van der Waals surface area (Å²) in [5.74, 6) is -0.833. The quantitative estimate of drug-likeness (QED) is 0.773. The topological polar surface area (TPSA) is 73.2 Å². The van der Waals surface area contributed by atoms with Crippen LogP contribution >= 0.6 is 0 Å². The second-order valence-electron chi connectivity index (χ2n) is 5.29. The van der Waals surface area contributed by atoms with Crippen molar-refractivity contribution in [2.75, 3.05) is 12.0 Å². The van der Waals surface area contributed by atoms with Crippen LogP contribution in [0.2, 0.25) is 0 Å². The molecule has 0 spiro atoms. The highest BCUT2D eigenvalue weighted by Crippen LogP contribution is 2.31. The highest BCUT2D eigenvalue weighted by Gasteiger charge is 2.30. The van der Waals surface area contributed by atoms with Crippen LogP contribution in [0.3, 0.4) is 0 Å². The van der Waals surface area contributed by atoms with E-state index in [4.69, 9.17) is 4.74 Å². The fourth-order valence-corrected chi connectivity index (χ4v) is 2.23. The number of hydrogen-bond donors (Lipinski definition) is 1. The maximum atomic E-state index is 12.6. The van der Waals surface area contributed by atoms with Crippen LogP contribution < -0.4 is 15.7 Å². The zero-order chi connectivity index (χ0) is 18.7. The van der Waals surface area contributed by atoms with Crippen LogP contribution in [0.4, 0.5) is 13.2 Å². The lowest BCUT2D eigenvalue weighted by molar-refractivity contribution is -0.137. The Morgan fingerprint density at radius 2 is 1.92 bits per heavy atom. The van der Waals surface area contributed by atoms with Crippen molar-refractivity contribution in [2.24, 2.45) is 0 Å². The third-order valence-electron chi connectivity index (χ3n) is 3.44. The molecular weight excluding hydrogens is 351 g/mol. The van der Waals surface area contributed by atoms with E-state index in [0.29, 0.717) is 10.9 Å². The van der Waals surface area contributed by atoms with Gasteiger partial charge in [0.05, 0.1) is 16.5 Å². The number of rotatable bonds is 4. The number of nitrogens with zero attached hydrogens (tertiary/aromatic N) is 2.